The zero-order valence-electron chi connectivity index (χ0n) is 15.8. The number of aromatic nitrogens is 1. The van der Waals surface area contributed by atoms with E-state index in [4.69, 9.17) is 0 Å². The first-order valence-electron chi connectivity index (χ1n) is 9.18. The number of Topliss-reactive ketones (excluding diaryl/α,β-unsaturated/α-hetero) is 1. The Morgan fingerprint density at radius 2 is 1.96 bits per heavy atom. The summed E-state index contributed by atoms with van der Waals surface area (Å²) in [4.78, 5) is 27.2. The number of hydrogen-bond acceptors (Lipinski definition) is 3. The number of rotatable bonds is 6. The van der Waals surface area contributed by atoms with Gasteiger partial charge in [0.15, 0.2) is 11.5 Å². The molecule has 0 aliphatic carbocycles. The van der Waals surface area contributed by atoms with Gasteiger partial charge in [-0.3, -0.25) is 9.59 Å². The van der Waals surface area contributed by atoms with Crippen LogP contribution in [0.2, 0.25) is 0 Å². The maximum atomic E-state index is 12.9. The number of ketones is 1. The average Bonchev–Trinajstić information content (AvgIpc) is 3.04. The molecule has 1 amide bonds. The largest absolute Gasteiger partial charge is 0.503 e. The highest BCUT2D eigenvalue weighted by Gasteiger charge is 2.43. The summed E-state index contributed by atoms with van der Waals surface area (Å²) in [5, 5.41) is 11.5. The molecule has 0 spiro atoms. The highest BCUT2D eigenvalue weighted by molar-refractivity contribution is 6.09. The van der Waals surface area contributed by atoms with E-state index in [0.717, 1.165) is 22.9 Å². The second kappa shape index (κ2) is 6.98. The van der Waals surface area contributed by atoms with Gasteiger partial charge in [-0.1, -0.05) is 39.0 Å². The maximum Gasteiger partial charge on any atom is 0.290 e. The molecule has 1 aromatic carbocycles. The molecule has 0 fully saturated rings. The molecule has 0 radical (unpaired) electrons. The average molecular weight is 354 g/mol. The fourth-order valence-corrected chi connectivity index (χ4v) is 3.80. The van der Waals surface area contributed by atoms with Gasteiger partial charge in [-0.2, -0.15) is 0 Å². The zero-order chi connectivity index (χ0) is 19.0. The first kappa shape index (κ1) is 18.2. The molecule has 2 aromatic rings. The molecule has 2 heterocycles. The number of benzene rings is 1. The number of carbonyl (C=O) groups is 2. The predicted octanol–water partition coefficient (Wildman–Crippen LogP) is 3.90. The van der Waals surface area contributed by atoms with Crippen molar-refractivity contribution in [1.82, 2.24) is 9.47 Å². The van der Waals surface area contributed by atoms with Gasteiger partial charge in [0.05, 0.1) is 11.6 Å². The van der Waals surface area contributed by atoms with Crippen molar-refractivity contribution in [1.29, 1.82) is 0 Å². The zero-order valence-corrected chi connectivity index (χ0v) is 15.8. The monoisotopic (exact) mass is 354 g/mol. The molecule has 3 rings (SSSR count). The molecule has 26 heavy (non-hydrogen) atoms. The van der Waals surface area contributed by atoms with Crippen LogP contribution in [0.5, 0.6) is 0 Å². The van der Waals surface area contributed by atoms with Gasteiger partial charge in [-0.25, -0.2) is 0 Å². The van der Waals surface area contributed by atoms with Crippen molar-refractivity contribution < 1.29 is 14.7 Å². The summed E-state index contributed by atoms with van der Waals surface area (Å²) in [5.74, 6) is -0.826. The van der Waals surface area contributed by atoms with Gasteiger partial charge in [0.1, 0.15) is 0 Å². The Labute approximate surface area is 153 Å². The summed E-state index contributed by atoms with van der Waals surface area (Å²) in [7, 11) is 1.95. The molecule has 5 nitrogen and oxygen atoms in total. The third-order valence-corrected chi connectivity index (χ3v) is 4.88. The van der Waals surface area contributed by atoms with Crippen LogP contribution in [0.1, 0.15) is 45.2 Å². The van der Waals surface area contributed by atoms with Crippen molar-refractivity contribution in [2.75, 3.05) is 6.54 Å². The molecule has 1 aromatic heterocycles. The molecule has 0 bridgehead atoms. The lowest BCUT2D eigenvalue weighted by Gasteiger charge is -2.26. The molecular weight excluding hydrogens is 328 g/mol. The normalized spacial score (nSPS) is 17.8. The van der Waals surface area contributed by atoms with E-state index in [9.17, 15) is 14.7 Å². The Morgan fingerprint density at radius 3 is 2.62 bits per heavy atom. The Morgan fingerprint density at radius 1 is 1.27 bits per heavy atom. The molecular formula is C21H26N2O3. The number of aliphatic hydroxyl groups excluding tert-OH is 1. The second-order valence-corrected chi connectivity index (χ2v) is 7.40. The highest BCUT2D eigenvalue weighted by Crippen LogP contribution is 2.41. The van der Waals surface area contributed by atoms with Crippen LogP contribution in [0.25, 0.3) is 10.9 Å². The van der Waals surface area contributed by atoms with Crippen LogP contribution < -0.4 is 0 Å². The standard InChI is InChI=1S/C21H26N2O3/c1-5-10-23-19(15-12-22(4)16-9-7-6-8-14(15)16)18(20(25)21(23)26)17(24)11-13(2)3/h6-9,12-13,19,25H,5,10-11H2,1-4H3. The molecule has 0 saturated heterocycles. The molecule has 1 unspecified atom stereocenters. The summed E-state index contributed by atoms with van der Waals surface area (Å²) >= 11 is 0. The summed E-state index contributed by atoms with van der Waals surface area (Å²) in [6.45, 7) is 6.40. The number of amides is 1. The third kappa shape index (κ3) is 2.91. The lowest BCUT2D eigenvalue weighted by Crippen LogP contribution is -2.31. The lowest BCUT2D eigenvalue weighted by molar-refractivity contribution is -0.129. The first-order chi connectivity index (χ1) is 12.4. The van der Waals surface area contributed by atoms with Crippen molar-refractivity contribution in [3.63, 3.8) is 0 Å². The van der Waals surface area contributed by atoms with Gasteiger partial charge >= 0.3 is 0 Å². The molecule has 0 saturated carbocycles. The number of fused-ring (bicyclic) bond motifs is 1. The fourth-order valence-electron chi connectivity index (χ4n) is 3.80. The molecule has 1 N–H and O–H groups in total. The van der Waals surface area contributed by atoms with Gasteiger partial charge in [-0.05, 0) is 18.4 Å². The maximum absolute atomic E-state index is 12.9. The molecule has 1 aliphatic heterocycles. The van der Waals surface area contributed by atoms with Crippen molar-refractivity contribution in [3.8, 4) is 0 Å². The summed E-state index contributed by atoms with van der Waals surface area (Å²) < 4.78 is 2.00. The van der Waals surface area contributed by atoms with Gasteiger partial charge < -0.3 is 14.6 Å². The summed E-state index contributed by atoms with van der Waals surface area (Å²) in [6, 6.07) is 7.40. The summed E-state index contributed by atoms with van der Waals surface area (Å²) in [6.07, 6.45) is 3.03. The van der Waals surface area contributed by atoms with Crippen LogP contribution in [-0.2, 0) is 16.6 Å². The van der Waals surface area contributed by atoms with Crippen molar-refractivity contribution in [3.05, 3.63) is 47.4 Å². The SMILES string of the molecule is CCCN1C(=O)C(O)=C(C(=O)CC(C)C)C1c1cn(C)c2ccccc12. The Bertz CT molecular complexity index is 892. The van der Waals surface area contributed by atoms with Crippen LogP contribution in [0.15, 0.2) is 41.8 Å². The van der Waals surface area contributed by atoms with E-state index < -0.39 is 11.9 Å². The van der Waals surface area contributed by atoms with Crippen LogP contribution in [-0.4, -0.2) is 32.8 Å². The van der Waals surface area contributed by atoms with Gasteiger partial charge in [-0.15, -0.1) is 0 Å². The van der Waals surface area contributed by atoms with Crippen molar-refractivity contribution in [2.24, 2.45) is 13.0 Å². The molecule has 1 atom stereocenters. The van der Waals surface area contributed by atoms with Gasteiger partial charge in [0.2, 0.25) is 0 Å². The predicted molar refractivity (Wildman–Crippen MR) is 102 cm³/mol. The highest BCUT2D eigenvalue weighted by atomic mass is 16.3. The summed E-state index contributed by atoms with van der Waals surface area (Å²) in [5.41, 5.74) is 2.17. The Balaban J connectivity index is 2.18. The Hall–Kier alpha value is -2.56. The number of aryl methyl sites for hydroxylation is 1. The van der Waals surface area contributed by atoms with E-state index in [0.29, 0.717) is 13.0 Å². The minimum Gasteiger partial charge on any atom is -0.503 e. The van der Waals surface area contributed by atoms with Gasteiger partial charge in [0, 0.05) is 42.7 Å². The van der Waals surface area contributed by atoms with Crippen LogP contribution in [0.3, 0.4) is 0 Å². The minimum absolute atomic E-state index is 0.151. The fraction of sp³-hybridized carbons (Fsp3) is 0.429. The van der Waals surface area contributed by atoms with E-state index in [1.54, 1.807) is 4.90 Å². The number of nitrogens with zero attached hydrogens (tertiary/aromatic N) is 2. The van der Waals surface area contributed by atoms with E-state index in [1.807, 2.05) is 62.8 Å². The van der Waals surface area contributed by atoms with E-state index in [-0.39, 0.29) is 23.0 Å². The second-order valence-electron chi connectivity index (χ2n) is 7.40. The topological polar surface area (TPSA) is 62.5 Å². The van der Waals surface area contributed by atoms with Crippen molar-refractivity contribution >= 4 is 22.6 Å². The van der Waals surface area contributed by atoms with Crippen LogP contribution >= 0.6 is 0 Å². The third-order valence-electron chi connectivity index (χ3n) is 4.88. The minimum atomic E-state index is -0.528. The number of hydrogen-bond donors (Lipinski definition) is 1. The number of carbonyl (C=O) groups excluding carboxylic acids is 2. The molecule has 1 aliphatic rings. The number of para-hydroxylation sites is 1. The lowest BCUT2D eigenvalue weighted by atomic mass is 9.92. The molecule has 138 valence electrons. The van der Waals surface area contributed by atoms with E-state index in [2.05, 4.69) is 0 Å². The van der Waals surface area contributed by atoms with Crippen molar-refractivity contribution in [2.45, 2.75) is 39.7 Å². The van der Waals surface area contributed by atoms with Crippen LogP contribution in [0.4, 0.5) is 0 Å². The first-order valence-corrected chi connectivity index (χ1v) is 9.18. The van der Waals surface area contributed by atoms with E-state index >= 15 is 0 Å². The van der Waals surface area contributed by atoms with Crippen LogP contribution in [0, 0.1) is 5.92 Å². The Kier molecular flexibility index (Phi) is 4.90. The molecule has 5 heteroatoms. The van der Waals surface area contributed by atoms with E-state index in [1.165, 1.54) is 0 Å². The van der Waals surface area contributed by atoms with Gasteiger partial charge in [0.25, 0.3) is 5.91 Å². The smallest absolute Gasteiger partial charge is 0.290 e. The number of aliphatic hydroxyl groups is 1. The quantitative estimate of drug-likeness (QED) is 0.856.